The van der Waals surface area contributed by atoms with E-state index in [1.807, 2.05) is 20.8 Å². The molecule has 0 saturated carbocycles. The van der Waals surface area contributed by atoms with Gasteiger partial charge in [0, 0.05) is 5.41 Å². The van der Waals surface area contributed by atoms with Crippen molar-refractivity contribution in [3.05, 3.63) is 0 Å². The van der Waals surface area contributed by atoms with Crippen LogP contribution in [0.2, 0.25) is 0 Å². The van der Waals surface area contributed by atoms with Crippen LogP contribution in [0, 0.1) is 16.7 Å². The monoisotopic (exact) mass is 242 g/mol. The van der Waals surface area contributed by atoms with Crippen molar-refractivity contribution in [2.75, 3.05) is 6.54 Å². The minimum atomic E-state index is -0.349. The molecule has 3 nitrogen and oxygen atoms in total. The fraction of sp³-hybridized carbons (Fsp3) is 0.929. The van der Waals surface area contributed by atoms with Gasteiger partial charge in [0.05, 0.1) is 6.04 Å². The zero-order valence-electron chi connectivity index (χ0n) is 12.3. The summed E-state index contributed by atoms with van der Waals surface area (Å²) in [5, 5.41) is 0. The fourth-order valence-corrected chi connectivity index (χ4v) is 2.21. The van der Waals surface area contributed by atoms with Gasteiger partial charge in [-0.15, -0.1) is 0 Å². The van der Waals surface area contributed by atoms with Crippen molar-refractivity contribution in [2.45, 2.75) is 60.4 Å². The third kappa shape index (κ3) is 6.18. The van der Waals surface area contributed by atoms with Crippen molar-refractivity contribution in [3.63, 3.8) is 0 Å². The molecule has 3 heteroatoms. The Morgan fingerprint density at radius 2 is 1.65 bits per heavy atom. The number of nitrogens with two attached hydrogens (primary N) is 2. The number of carbonyl (C=O) groups excluding carboxylic acids is 1. The molecule has 4 N–H and O–H groups in total. The summed E-state index contributed by atoms with van der Waals surface area (Å²) in [6.45, 7) is 12.9. The third-order valence-corrected chi connectivity index (χ3v) is 3.19. The number of Topliss-reactive ketones (excluding diaryl/α,β-unsaturated/α-hetero) is 1. The molecule has 0 aromatic heterocycles. The molecular weight excluding hydrogens is 212 g/mol. The van der Waals surface area contributed by atoms with Crippen LogP contribution in [0.5, 0.6) is 0 Å². The number of carbonyl (C=O) groups is 1. The molecule has 0 fully saturated rings. The number of hydrogen-bond acceptors (Lipinski definition) is 3. The highest BCUT2D eigenvalue weighted by molar-refractivity contribution is 5.88. The second-order valence-corrected chi connectivity index (χ2v) is 7.13. The van der Waals surface area contributed by atoms with Crippen LogP contribution >= 0.6 is 0 Å². The fourth-order valence-electron chi connectivity index (χ4n) is 2.21. The van der Waals surface area contributed by atoms with Crippen LogP contribution in [0.1, 0.15) is 54.4 Å². The van der Waals surface area contributed by atoms with Crippen molar-refractivity contribution in [1.29, 1.82) is 0 Å². The molecule has 0 aliphatic rings. The average Bonchev–Trinajstić information content (AvgIpc) is 2.14. The lowest BCUT2D eigenvalue weighted by molar-refractivity contribution is -0.128. The number of rotatable bonds is 6. The van der Waals surface area contributed by atoms with Crippen molar-refractivity contribution < 1.29 is 4.79 Å². The Morgan fingerprint density at radius 3 is 2.00 bits per heavy atom. The maximum atomic E-state index is 12.0. The van der Waals surface area contributed by atoms with E-state index in [0.29, 0.717) is 12.5 Å². The van der Waals surface area contributed by atoms with Gasteiger partial charge in [0.2, 0.25) is 0 Å². The Balaban J connectivity index is 4.31. The standard InChI is InChI=1S/C14H30N2O/c1-10(8-14(5,6)9-15)7-11(16)12(17)13(2,3)4/h10-11H,7-9,15-16H2,1-6H3. The topological polar surface area (TPSA) is 69.1 Å². The van der Waals surface area contributed by atoms with Crippen LogP contribution in [0.15, 0.2) is 0 Å². The van der Waals surface area contributed by atoms with E-state index in [9.17, 15) is 4.79 Å². The quantitative estimate of drug-likeness (QED) is 0.751. The smallest absolute Gasteiger partial charge is 0.154 e. The van der Waals surface area contributed by atoms with Gasteiger partial charge < -0.3 is 11.5 Å². The van der Waals surface area contributed by atoms with Crippen molar-refractivity contribution in [3.8, 4) is 0 Å². The lowest BCUT2D eigenvalue weighted by Gasteiger charge is -2.29. The summed E-state index contributed by atoms with van der Waals surface area (Å²) in [5.74, 6) is 0.574. The molecule has 0 radical (unpaired) electrons. The summed E-state index contributed by atoms with van der Waals surface area (Å²) in [5.41, 5.74) is 11.5. The molecule has 0 spiro atoms. The van der Waals surface area contributed by atoms with Gasteiger partial charge in [-0.2, -0.15) is 0 Å². The maximum absolute atomic E-state index is 12.0. The van der Waals surface area contributed by atoms with E-state index in [1.165, 1.54) is 0 Å². The first-order chi connectivity index (χ1) is 7.49. The predicted molar refractivity (Wildman–Crippen MR) is 73.7 cm³/mol. The summed E-state index contributed by atoms with van der Waals surface area (Å²) in [4.78, 5) is 12.0. The van der Waals surface area contributed by atoms with Gasteiger partial charge in [-0.1, -0.05) is 41.5 Å². The first-order valence-electron chi connectivity index (χ1n) is 6.49. The molecule has 0 aromatic carbocycles. The third-order valence-electron chi connectivity index (χ3n) is 3.19. The van der Waals surface area contributed by atoms with E-state index in [-0.39, 0.29) is 22.7 Å². The lowest BCUT2D eigenvalue weighted by Crippen LogP contribution is -2.40. The van der Waals surface area contributed by atoms with Crippen LogP contribution < -0.4 is 11.5 Å². The van der Waals surface area contributed by atoms with Crippen LogP contribution in [-0.2, 0) is 4.79 Å². The molecule has 0 saturated heterocycles. The highest BCUT2D eigenvalue weighted by Crippen LogP contribution is 2.27. The van der Waals surface area contributed by atoms with E-state index in [2.05, 4.69) is 20.8 Å². The Labute approximate surface area is 106 Å². The Kier molecular flexibility index (Phi) is 5.82. The van der Waals surface area contributed by atoms with E-state index in [1.54, 1.807) is 0 Å². The minimum Gasteiger partial charge on any atom is -0.330 e. The van der Waals surface area contributed by atoms with Crippen molar-refractivity contribution in [1.82, 2.24) is 0 Å². The van der Waals surface area contributed by atoms with Gasteiger partial charge in [-0.3, -0.25) is 4.79 Å². The first-order valence-corrected chi connectivity index (χ1v) is 6.49. The summed E-state index contributed by atoms with van der Waals surface area (Å²) < 4.78 is 0. The summed E-state index contributed by atoms with van der Waals surface area (Å²) in [6.07, 6.45) is 1.76. The summed E-state index contributed by atoms with van der Waals surface area (Å²) in [6, 6.07) is -0.349. The van der Waals surface area contributed by atoms with Gasteiger partial charge in [0.15, 0.2) is 5.78 Å². The van der Waals surface area contributed by atoms with Gasteiger partial charge in [0.1, 0.15) is 0 Å². The molecule has 2 unspecified atom stereocenters. The zero-order valence-corrected chi connectivity index (χ0v) is 12.3. The molecule has 0 heterocycles. The Bertz CT molecular complexity index is 253. The Hall–Kier alpha value is -0.410. The molecule has 17 heavy (non-hydrogen) atoms. The van der Waals surface area contributed by atoms with E-state index < -0.39 is 0 Å². The van der Waals surface area contributed by atoms with Crippen molar-refractivity contribution >= 4 is 5.78 Å². The highest BCUT2D eigenvalue weighted by Gasteiger charge is 2.29. The van der Waals surface area contributed by atoms with Crippen LogP contribution in [0.25, 0.3) is 0 Å². The SMILES string of the molecule is CC(CC(N)C(=O)C(C)(C)C)CC(C)(C)CN. The molecule has 0 rings (SSSR count). The van der Waals surface area contributed by atoms with Gasteiger partial charge >= 0.3 is 0 Å². The largest absolute Gasteiger partial charge is 0.330 e. The summed E-state index contributed by atoms with van der Waals surface area (Å²) >= 11 is 0. The zero-order chi connectivity index (χ0) is 13.9. The van der Waals surface area contributed by atoms with E-state index in [0.717, 1.165) is 12.8 Å². The number of ketones is 1. The van der Waals surface area contributed by atoms with E-state index in [4.69, 9.17) is 11.5 Å². The van der Waals surface area contributed by atoms with Gasteiger partial charge in [-0.05, 0) is 30.7 Å². The van der Waals surface area contributed by atoms with Crippen LogP contribution in [-0.4, -0.2) is 18.4 Å². The van der Waals surface area contributed by atoms with Crippen LogP contribution in [0.3, 0.4) is 0 Å². The van der Waals surface area contributed by atoms with E-state index >= 15 is 0 Å². The second-order valence-electron chi connectivity index (χ2n) is 7.13. The molecule has 0 aliphatic heterocycles. The molecule has 0 aromatic rings. The maximum Gasteiger partial charge on any atom is 0.154 e. The molecular formula is C14H30N2O. The van der Waals surface area contributed by atoms with Gasteiger partial charge in [0.25, 0.3) is 0 Å². The molecule has 0 aliphatic carbocycles. The molecule has 2 atom stereocenters. The minimum absolute atomic E-state index is 0.129. The predicted octanol–water partition coefficient (Wildman–Crippen LogP) is 2.33. The average molecular weight is 242 g/mol. The second kappa shape index (κ2) is 5.96. The number of hydrogen-bond donors (Lipinski definition) is 2. The summed E-state index contributed by atoms with van der Waals surface area (Å²) in [7, 11) is 0. The van der Waals surface area contributed by atoms with Crippen LogP contribution in [0.4, 0.5) is 0 Å². The Morgan fingerprint density at radius 1 is 1.18 bits per heavy atom. The normalized spacial score (nSPS) is 16.7. The molecule has 0 bridgehead atoms. The first kappa shape index (κ1) is 16.6. The highest BCUT2D eigenvalue weighted by atomic mass is 16.1. The molecule has 102 valence electrons. The van der Waals surface area contributed by atoms with Gasteiger partial charge in [-0.25, -0.2) is 0 Å². The van der Waals surface area contributed by atoms with Crippen molar-refractivity contribution in [2.24, 2.45) is 28.2 Å². The molecule has 0 amide bonds. The lowest BCUT2D eigenvalue weighted by atomic mass is 9.78.